The van der Waals surface area contributed by atoms with Crippen molar-refractivity contribution in [2.75, 3.05) is 13.2 Å². The molecular formula is C66H125NO5. The van der Waals surface area contributed by atoms with Gasteiger partial charge in [-0.1, -0.05) is 288 Å². The van der Waals surface area contributed by atoms with Crippen molar-refractivity contribution in [2.24, 2.45) is 0 Å². The minimum atomic E-state index is -0.666. The molecule has 0 aromatic carbocycles. The average molecular weight is 1010 g/mol. The number of aliphatic hydroxyl groups excluding tert-OH is 2. The third-order valence-electron chi connectivity index (χ3n) is 14.9. The molecule has 0 spiro atoms. The Bertz CT molecular complexity index is 1170. The number of rotatable bonds is 60. The van der Waals surface area contributed by atoms with E-state index in [-0.39, 0.29) is 18.5 Å². The van der Waals surface area contributed by atoms with Crippen LogP contribution >= 0.6 is 0 Å². The molecule has 0 aliphatic heterocycles. The van der Waals surface area contributed by atoms with Crippen LogP contribution in [0, 0.1) is 0 Å². The van der Waals surface area contributed by atoms with E-state index in [0.717, 1.165) is 51.4 Å². The van der Waals surface area contributed by atoms with E-state index in [1.165, 1.54) is 263 Å². The molecule has 0 saturated heterocycles. The number of esters is 1. The number of allylic oxidation sites excluding steroid dienone is 6. The summed E-state index contributed by atoms with van der Waals surface area (Å²) in [6.07, 6.45) is 77.4. The van der Waals surface area contributed by atoms with Gasteiger partial charge in [0.1, 0.15) is 0 Å². The molecule has 2 atom stereocenters. The van der Waals surface area contributed by atoms with Crippen molar-refractivity contribution in [1.29, 1.82) is 0 Å². The Kier molecular flexibility index (Phi) is 60.0. The van der Waals surface area contributed by atoms with E-state index < -0.39 is 12.1 Å². The Morgan fingerprint density at radius 2 is 0.694 bits per heavy atom. The normalized spacial score (nSPS) is 12.8. The molecule has 0 aliphatic rings. The van der Waals surface area contributed by atoms with E-state index in [1.54, 1.807) is 0 Å². The highest BCUT2D eigenvalue weighted by Crippen LogP contribution is 2.17. The molecule has 1 amide bonds. The standard InChI is InChI=1S/C66H125NO5/c1-3-5-7-9-11-13-15-17-18-19-26-30-33-36-40-44-48-52-56-60-66(71)72-61-57-53-49-45-41-37-34-31-28-25-23-21-20-22-24-27-29-32-35-39-43-47-51-55-59-65(70)67-63(62-68)64(69)58-54-50-46-42-38-16-14-12-10-8-6-4-2/h11,13,17-18,22,24,63-64,68-69H,3-10,12,14-16,19-21,23,25-62H2,1-2H3,(H,67,70)/b13-11-,18-17-,24-22-. The number of hydrogen-bond donors (Lipinski definition) is 3. The summed E-state index contributed by atoms with van der Waals surface area (Å²) >= 11 is 0. The van der Waals surface area contributed by atoms with Gasteiger partial charge in [0.15, 0.2) is 0 Å². The van der Waals surface area contributed by atoms with Crippen LogP contribution in [-0.2, 0) is 14.3 Å². The lowest BCUT2D eigenvalue weighted by molar-refractivity contribution is -0.143. The number of nitrogens with one attached hydrogen (secondary N) is 1. The van der Waals surface area contributed by atoms with E-state index in [4.69, 9.17) is 4.74 Å². The molecule has 424 valence electrons. The van der Waals surface area contributed by atoms with Crippen LogP contribution in [-0.4, -0.2) is 47.4 Å². The molecule has 3 N–H and O–H groups in total. The molecule has 0 bridgehead atoms. The largest absolute Gasteiger partial charge is 0.466 e. The number of hydrogen-bond acceptors (Lipinski definition) is 5. The van der Waals surface area contributed by atoms with Crippen LogP contribution in [0.15, 0.2) is 36.5 Å². The van der Waals surface area contributed by atoms with Gasteiger partial charge in [-0.3, -0.25) is 9.59 Å². The SMILES string of the molecule is CCCCC/C=C\C/C=C\CCCCCCCCCCCC(=O)OCCCCCCCCCCCCCC/C=C\CCCCCCCCCCC(=O)NC(CO)C(O)CCCCCCCCCCCCCC. The molecule has 0 fully saturated rings. The first-order chi connectivity index (χ1) is 35.5. The van der Waals surface area contributed by atoms with E-state index in [9.17, 15) is 19.8 Å². The van der Waals surface area contributed by atoms with Crippen LogP contribution in [0.25, 0.3) is 0 Å². The zero-order valence-corrected chi connectivity index (χ0v) is 48.4. The first-order valence-corrected chi connectivity index (χ1v) is 32.2. The maximum absolute atomic E-state index is 12.5. The van der Waals surface area contributed by atoms with E-state index >= 15 is 0 Å². The van der Waals surface area contributed by atoms with Crippen LogP contribution < -0.4 is 5.32 Å². The summed E-state index contributed by atoms with van der Waals surface area (Å²) in [6.45, 7) is 4.93. The summed E-state index contributed by atoms with van der Waals surface area (Å²) in [5, 5.41) is 23.2. The Balaban J connectivity index is 3.38. The summed E-state index contributed by atoms with van der Waals surface area (Å²) < 4.78 is 5.50. The van der Waals surface area contributed by atoms with Crippen LogP contribution in [0.1, 0.15) is 348 Å². The molecule has 72 heavy (non-hydrogen) atoms. The van der Waals surface area contributed by atoms with E-state index in [1.807, 2.05) is 0 Å². The Labute approximate surface area is 449 Å². The van der Waals surface area contributed by atoms with Crippen molar-refractivity contribution >= 4 is 11.9 Å². The Morgan fingerprint density at radius 1 is 0.389 bits per heavy atom. The Morgan fingerprint density at radius 3 is 1.10 bits per heavy atom. The lowest BCUT2D eigenvalue weighted by Gasteiger charge is -2.22. The van der Waals surface area contributed by atoms with Gasteiger partial charge < -0.3 is 20.3 Å². The van der Waals surface area contributed by atoms with Gasteiger partial charge in [0.25, 0.3) is 0 Å². The predicted molar refractivity (Wildman–Crippen MR) is 315 cm³/mol. The molecule has 2 unspecified atom stereocenters. The van der Waals surface area contributed by atoms with Crippen LogP contribution in [0.2, 0.25) is 0 Å². The first-order valence-electron chi connectivity index (χ1n) is 32.2. The lowest BCUT2D eigenvalue weighted by atomic mass is 10.0. The smallest absolute Gasteiger partial charge is 0.305 e. The topological polar surface area (TPSA) is 95.9 Å². The molecular weight excluding hydrogens is 887 g/mol. The number of carbonyl (C=O) groups is 2. The summed E-state index contributed by atoms with van der Waals surface area (Å²) in [5.74, 6) is -0.0304. The van der Waals surface area contributed by atoms with Gasteiger partial charge in [-0.05, 0) is 83.5 Å². The summed E-state index contributed by atoms with van der Waals surface area (Å²) in [7, 11) is 0. The zero-order chi connectivity index (χ0) is 52.2. The average Bonchev–Trinajstić information content (AvgIpc) is 3.38. The fraction of sp³-hybridized carbons (Fsp3) is 0.879. The maximum Gasteiger partial charge on any atom is 0.305 e. The number of aliphatic hydroxyl groups is 2. The highest BCUT2D eigenvalue weighted by Gasteiger charge is 2.20. The third-order valence-corrected chi connectivity index (χ3v) is 14.9. The molecule has 0 saturated carbocycles. The maximum atomic E-state index is 12.5. The molecule has 0 aromatic heterocycles. The summed E-state index contributed by atoms with van der Waals surface area (Å²) in [5.41, 5.74) is 0. The molecule has 0 radical (unpaired) electrons. The van der Waals surface area contributed by atoms with Gasteiger partial charge in [0.2, 0.25) is 5.91 Å². The molecule has 0 heterocycles. The second-order valence-electron chi connectivity index (χ2n) is 22.1. The van der Waals surface area contributed by atoms with Gasteiger partial charge in [-0.2, -0.15) is 0 Å². The third kappa shape index (κ3) is 57.4. The van der Waals surface area contributed by atoms with Crippen molar-refractivity contribution in [2.45, 2.75) is 360 Å². The van der Waals surface area contributed by atoms with Crippen molar-refractivity contribution in [3.8, 4) is 0 Å². The van der Waals surface area contributed by atoms with Crippen molar-refractivity contribution in [3.63, 3.8) is 0 Å². The molecule has 0 rings (SSSR count). The number of amides is 1. The van der Waals surface area contributed by atoms with Gasteiger partial charge in [-0.15, -0.1) is 0 Å². The predicted octanol–water partition coefficient (Wildman–Crippen LogP) is 20.4. The van der Waals surface area contributed by atoms with Gasteiger partial charge in [0.05, 0.1) is 25.4 Å². The number of ether oxygens (including phenoxy) is 1. The van der Waals surface area contributed by atoms with Crippen molar-refractivity contribution < 1.29 is 24.5 Å². The minimum absolute atomic E-state index is 0.00889. The second kappa shape index (κ2) is 61.6. The molecule has 0 aromatic rings. The monoisotopic (exact) mass is 1010 g/mol. The van der Waals surface area contributed by atoms with Gasteiger partial charge >= 0.3 is 5.97 Å². The van der Waals surface area contributed by atoms with Crippen LogP contribution in [0.4, 0.5) is 0 Å². The quantitative estimate of drug-likeness (QED) is 0.0320. The van der Waals surface area contributed by atoms with E-state index in [0.29, 0.717) is 25.9 Å². The summed E-state index contributed by atoms with van der Waals surface area (Å²) in [6, 6.07) is -0.544. The molecule has 6 heteroatoms. The van der Waals surface area contributed by atoms with Crippen LogP contribution in [0.3, 0.4) is 0 Å². The zero-order valence-electron chi connectivity index (χ0n) is 48.4. The van der Waals surface area contributed by atoms with Crippen molar-refractivity contribution in [1.82, 2.24) is 5.32 Å². The fourth-order valence-electron chi connectivity index (χ4n) is 9.96. The van der Waals surface area contributed by atoms with E-state index in [2.05, 4.69) is 55.6 Å². The fourth-order valence-corrected chi connectivity index (χ4v) is 9.96. The Hall–Kier alpha value is -1.92. The number of unbranched alkanes of at least 4 members (excludes halogenated alkanes) is 43. The lowest BCUT2D eigenvalue weighted by Crippen LogP contribution is -2.45. The highest BCUT2D eigenvalue weighted by molar-refractivity contribution is 5.76. The summed E-state index contributed by atoms with van der Waals surface area (Å²) in [4.78, 5) is 24.6. The first kappa shape index (κ1) is 70.1. The minimum Gasteiger partial charge on any atom is -0.466 e. The number of carbonyl (C=O) groups excluding carboxylic acids is 2. The second-order valence-corrected chi connectivity index (χ2v) is 22.1. The van der Waals surface area contributed by atoms with Gasteiger partial charge in [0, 0.05) is 12.8 Å². The van der Waals surface area contributed by atoms with Crippen LogP contribution in [0.5, 0.6) is 0 Å². The highest BCUT2D eigenvalue weighted by atomic mass is 16.5. The van der Waals surface area contributed by atoms with Gasteiger partial charge in [-0.25, -0.2) is 0 Å². The molecule has 6 nitrogen and oxygen atoms in total. The van der Waals surface area contributed by atoms with Crippen molar-refractivity contribution in [3.05, 3.63) is 36.5 Å². The molecule has 0 aliphatic carbocycles.